The lowest BCUT2D eigenvalue weighted by Gasteiger charge is -2.18. The molecule has 0 saturated heterocycles. The highest BCUT2D eigenvalue weighted by molar-refractivity contribution is 5.71. The predicted molar refractivity (Wildman–Crippen MR) is 321 cm³/mol. The maximum absolute atomic E-state index is 12.9. The Morgan fingerprint density at radius 1 is 0.257 bits per heavy atom. The monoisotopic (exact) mass is 1040 g/mol. The quantitative estimate of drug-likeness (QED) is 0.0261. The SMILES string of the molecule is CCCCCCCC/C=C\CCCCCCCC(=O)OCC(COC(=O)CCCCCCCCCCCCC/C=C\CCCCCCCCCC)OC(=O)CCCCCCCCC/C=C\CCCCCCCCC. The van der Waals surface area contributed by atoms with Gasteiger partial charge in [0.1, 0.15) is 13.2 Å². The third-order valence-electron chi connectivity index (χ3n) is 14.8. The molecule has 0 fully saturated rings. The van der Waals surface area contributed by atoms with E-state index < -0.39 is 6.10 Å². The van der Waals surface area contributed by atoms with Crippen LogP contribution in [-0.4, -0.2) is 37.2 Å². The van der Waals surface area contributed by atoms with Crippen LogP contribution in [0, 0.1) is 0 Å². The van der Waals surface area contributed by atoms with Crippen LogP contribution in [0.4, 0.5) is 0 Å². The van der Waals surface area contributed by atoms with Crippen LogP contribution in [-0.2, 0) is 28.6 Å². The van der Waals surface area contributed by atoms with Gasteiger partial charge in [0.25, 0.3) is 0 Å². The van der Waals surface area contributed by atoms with E-state index >= 15 is 0 Å². The molecule has 0 aromatic rings. The van der Waals surface area contributed by atoms with Gasteiger partial charge in [-0.25, -0.2) is 0 Å². The maximum Gasteiger partial charge on any atom is 0.306 e. The molecule has 0 rings (SSSR count). The van der Waals surface area contributed by atoms with E-state index in [9.17, 15) is 14.4 Å². The average Bonchev–Trinajstić information content (AvgIpc) is 3.40. The number of allylic oxidation sites excluding steroid dienone is 6. The minimum atomic E-state index is -0.777. The topological polar surface area (TPSA) is 78.9 Å². The summed E-state index contributed by atoms with van der Waals surface area (Å²) in [5.41, 5.74) is 0. The summed E-state index contributed by atoms with van der Waals surface area (Å²) in [6.45, 7) is 6.68. The number of carbonyl (C=O) groups is 3. The summed E-state index contributed by atoms with van der Waals surface area (Å²) < 4.78 is 16.9. The van der Waals surface area contributed by atoms with Gasteiger partial charge in [-0.3, -0.25) is 14.4 Å². The Kier molecular flexibility index (Phi) is 61.1. The van der Waals surface area contributed by atoms with Crippen LogP contribution >= 0.6 is 0 Å². The molecule has 1 unspecified atom stereocenters. The molecule has 6 nitrogen and oxygen atoms in total. The lowest BCUT2D eigenvalue weighted by atomic mass is 10.0. The first-order valence-corrected chi connectivity index (χ1v) is 33.0. The van der Waals surface area contributed by atoms with Gasteiger partial charge in [-0.1, -0.05) is 282 Å². The molecule has 0 N–H and O–H groups in total. The average molecular weight is 1040 g/mol. The van der Waals surface area contributed by atoms with E-state index in [0.29, 0.717) is 19.3 Å². The van der Waals surface area contributed by atoms with Gasteiger partial charge in [-0.2, -0.15) is 0 Å². The molecule has 0 spiro atoms. The standard InChI is InChI=1S/C68H126O6/c1-4-7-10-13-16-19-22-25-28-30-32-33-34-35-36-38-40-43-46-49-52-55-58-61-67(70)73-64-65(63-72-66(69)60-57-54-51-48-45-42-39-27-24-21-18-15-12-9-6-3)74-68(71)62-59-56-53-50-47-44-41-37-31-29-26-23-20-17-14-11-8-5-2/h27,29-32,39,65H,4-26,28,33-38,40-64H2,1-3H3/b31-29-,32-30-,39-27-. The number of hydrogen-bond donors (Lipinski definition) is 0. The van der Waals surface area contributed by atoms with Crippen molar-refractivity contribution in [3.8, 4) is 0 Å². The van der Waals surface area contributed by atoms with E-state index in [2.05, 4.69) is 57.2 Å². The van der Waals surface area contributed by atoms with Crippen molar-refractivity contribution in [2.45, 2.75) is 367 Å². The van der Waals surface area contributed by atoms with E-state index in [0.717, 1.165) is 64.2 Å². The Labute approximate surface area is 461 Å². The molecule has 0 aromatic heterocycles. The van der Waals surface area contributed by atoms with E-state index in [1.807, 2.05) is 0 Å². The smallest absolute Gasteiger partial charge is 0.306 e. The van der Waals surface area contributed by atoms with Crippen molar-refractivity contribution >= 4 is 17.9 Å². The molecule has 0 amide bonds. The zero-order valence-corrected chi connectivity index (χ0v) is 49.9. The molecule has 434 valence electrons. The summed E-state index contributed by atoms with van der Waals surface area (Å²) in [6, 6.07) is 0. The van der Waals surface area contributed by atoms with Gasteiger partial charge in [-0.15, -0.1) is 0 Å². The van der Waals surface area contributed by atoms with Gasteiger partial charge in [0, 0.05) is 19.3 Å². The molecule has 0 aromatic carbocycles. The molecular formula is C68H126O6. The highest BCUT2D eigenvalue weighted by Gasteiger charge is 2.19. The molecule has 0 heterocycles. The summed E-state index contributed by atoms with van der Waals surface area (Å²) >= 11 is 0. The molecule has 0 bridgehead atoms. The summed E-state index contributed by atoms with van der Waals surface area (Å²) in [4.78, 5) is 38.3. The fraction of sp³-hybridized carbons (Fsp3) is 0.868. The number of carbonyl (C=O) groups excluding carboxylic acids is 3. The highest BCUT2D eigenvalue weighted by atomic mass is 16.6. The Balaban J connectivity index is 4.31. The molecule has 6 heteroatoms. The zero-order valence-electron chi connectivity index (χ0n) is 49.9. The molecule has 1 atom stereocenters. The van der Waals surface area contributed by atoms with Gasteiger partial charge >= 0.3 is 17.9 Å². The van der Waals surface area contributed by atoms with Crippen LogP contribution in [0.2, 0.25) is 0 Å². The molecular weight excluding hydrogens is 913 g/mol. The molecule has 0 radical (unpaired) electrons. The first kappa shape index (κ1) is 71.6. The zero-order chi connectivity index (χ0) is 53.6. The van der Waals surface area contributed by atoms with Crippen molar-refractivity contribution in [1.82, 2.24) is 0 Å². The minimum Gasteiger partial charge on any atom is -0.462 e. The third-order valence-corrected chi connectivity index (χ3v) is 14.8. The van der Waals surface area contributed by atoms with Crippen molar-refractivity contribution in [2.24, 2.45) is 0 Å². The second kappa shape index (κ2) is 63.2. The first-order valence-electron chi connectivity index (χ1n) is 33.0. The Bertz CT molecular complexity index is 1240. The van der Waals surface area contributed by atoms with Gasteiger partial charge in [0.2, 0.25) is 0 Å². The Morgan fingerprint density at radius 3 is 0.676 bits per heavy atom. The van der Waals surface area contributed by atoms with Crippen molar-refractivity contribution in [2.75, 3.05) is 13.2 Å². The molecule has 0 saturated carbocycles. The number of esters is 3. The van der Waals surface area contributed by atoms with Crippen molar-refractivity contribution in [3.63, 3.8) is 0 Å². The van der Waals surface area contributed by atoms with Crippen LogP contribution < -0.4 is 0 Å². The first-order chi connectivity index (χ1) is 36.5. The largest absolute Gasteiger partial charge is 0.462 e. The summed E-state index contributed by atoms with van der Waals surface area (Å²) in [5.74, 6) is -0.865. The maximum atomic E-state index is 12.9. The lowest BCUT2D eigenvalue weighted by molar-refractivity contribution is -0.167. The number of unbranched alkanes of at least 4 members (excludes halogenated alkanes) is 44. The van der Waals surface area contributed by atoms with E-state index in [1.54, 1.807) is 0 Å². The Morgan fingerprint density at radius 2 is 0.446 bits per heavy atom. The lowest BCUT2D eigenvalue weighted by Crippen LogP contribution is -2.30. The summed E-state index contributed by atoms with van der Waals surface area (Å²) in [5, 5.41) is 0. The fourth-order valence-corrected chi connectivity index (χ4v) is 9.84. The molecule has 0 aliphatic carbocycles. The van der Waals surface area contributed by atoms with E-state index in [4.69, 9.17) is 14.2 Å². The van der Waals surface area contributed by atoms with Crippen LogP contribution in [0.1, 0.15) is 361 Å². The number of ether oxygens (including phenoxy) is 3. The number of rotatable bonds is 61. The fourth-order valence-electron chi connectivity index (χ4n) is 9.84. The normalized spacial score (nSPS) is 12.2. The predicted octanol–water partition coefficient (Wildman–Crippen LogP) is 22.4. The molecule has 0 aliphatic rings. The summed E-state index contributed by atoms with van der Waals surface area (Å²) in [7, 11) is 0. The van der Waals surface area contributed by atoms with Gasteiger partial charge in [0.05, 0.1) is 0 Å². The van der Waals surface area contributed by atoms with Crippen molar-refractivity contribution in [3.05, 3.63) is 36.5 Å². The molecule has 0 aliphatic heterocycles. The van der Waals surface area contributed by atoms with E-state index in [1.165, 1.54) is 257 Å². The highest BCUT2D eigenvalue weighted by Crippen LogP contribution is 2.17. The van der Waals surface area contributed by atoms with Crippen LogP contribution in [0.15, 0.2) is 36.5 Å². The van der Waals surface area contributed by atoms with Crippen LogP contribution in [0.5, 0.6) is 0 Å². The second-order valence-corrected chi connectivity index (χ2v) is 22.4. The second-order valence-electron chi connectivity index (χ2n) is 22.4. The van der Waals surface area contributed by atoms with Gasteiger partial charge < -0.3 is 14.2 Å². The van der Waals surface area contributed by atoms with Gasteiger partial charge in [-0.05, 0) is 96.3 Å². The van der Waals surface area contributed by atoms with Crippen LogP contribution in [0.3, 0.4) is 0 Å². The Hall–Kier alpha value is -2.37. The third kappa shape index (κ3) is 60.5. The minimum absolute atomic E-state index is 0.0738. The van der Waals surface area contributed by atoms with Gasteiger partial charge in [0.15, 0.2) is 6.10 Å². The molecule has 74 heavy (non-hydrogen) atoms. The number of hydrogen-bond acceptors (Lipinski definition) is 6. The summed E-state index contributed by atoms with van der Waals surface area (Å²) in [6.07, 6.45) is 77.2. The van der Waals surface area contributed by atoms with E-state index in [-0.39, 0.29) is 31.1 Å². The van der Waals surface area contributed by atoms with Crippen molar-refractivity contribution < 1.29 is 28.6 Å². The van der Waals surface area contributed by atoms with Crippen LogP contribution in [0.25, 0.3) is 0 Å². The van der Waals surface area contributed by atoms with Crippen molar-refractivity contribution in [1.29, 1.82) is 0 Å².